The van der Waals surface area contributed by atoms with Crippen LogP contribution >= 0.6 is 22.9 Å². The molecule has 1 aliphatic heterocycles. The number of rotatable bonds is 6. The first-order valence-electron chi connectivity index (χ1n) is 10.1. The standard InChI is InChI=1S/C21H26ClN5O2S/c1-14-10-17(22)12-18-20(14)23-21(30-18)26(5-4-25-6-8-29-9-7-25)19(28)13-27-16(3)11-15(2)24-27/h10-12H,4-9,13H2,1-3H3. The van der Waals surface area contributed by atoms with Gasteiger partial charge in [0.1, 0.15) is 6.54 Å². The SMILES string of the molecule is Cc1cc(C)n(CC(=O)N(CCN2CCOCC2)c2nc3c(C)cc(Cl)cc3s2)n1. The summed E-state index contributed by atoms with van der Waals surface area (Å²) in [7, 11) is 0. The zero-order valence-electron chi connectivity index (χ0n) is 17.5. The number of hydrogen-bond acceptors (Lipinski definition) is 6. The summed E-state index contributed by atoms with van der Waals surface area (Å²) in [5, 5.41) is 5.84. The van der Waals surface area contributed by atoms with Crippen LogP contribution in [0.1, 0.15) is 17.0 Å². The molecule has 0 aliphatic carbocycles. The van der Waals surface area contributed by atoms with Crippen molar-refractivity contribution in [3.8, 4) is 0 Å². The molecule has 9 heteroatoms. The molecule has 30 heavy (non-hydrogen) atoms. The van der Waals surface area contributed by atoms with Gasteiger partial charge in [0.25, 0.3) is 5.91 Å². The molecule has 0 saturated carbocycles. The molecule has 0 atom stereocenters. The maximum Gasteiger partial charge on any atom is 0.250 e. The van der Waals surface area contributed by atoms with Crippen LogP contribution in [0.25, 0.3) is 10.2 Å². The van der Waals surface area contributed by atoms with Gasteiger partial charge >= 0.3 is 0 Å². The molecule has 1 aromatic carbocycles. The van der Waals surface area contributed by atoms with Gasteiger partial charge in [-0.1, -0.05) is 22.9 Å². The monoisotopic (exact) mass is 447 g/mol. The zero-order valence-corrected chi connectivity index (χ0v) is 19.1. The molecule has 4 rings (SSSR count). The quantitative estimate of drug-likeness (QED) is 0.579. The van der Waals surface area contributed by atoms with Crippen LogP contribution in [-0.2, 0) is 16.1 Å². The molecule has 0 unspecified atom stereocenters. The molecule has 0 N–H and O–H groups in total. The maximum absolute atomic E-state index is 13.3. The van der Waals surface area contributed by atoms with Gasteiger partial charge in [-0.25, -0.2) is 4.98 Å². The van der Waals surface area contributed by atoms with Crippen molar-refractivity contribution >= 4 is 44.2 Å². The number of nitrogens with zero attached hydrogens (tertiary/aromatic N) is 5. The Morgan fingerprint density at radius 2 is 2.00 bits per heavy atom. The third kappa shape index (κ3) is 4.67. The van der Waals surface area contributed by atoms with E-state index < -0.39 is 0 Å². The van der Waals surface area contributed by atoms with Crippen LogP contribution in [-0.4, -0.2) is 65.0 Å². The average molecular weight is 448 g/mol. The van der Waals surface area contributed by atoms with Crippen molar-refractivity contribution in [2.75, 3.05) is 44.3 Å². The molecule has 160 valence electrons. The van der Waals surface area contributed by atoms with E-state index in [-0.39, 0.29) is 12.5 Å². The summed E-state index contributed by atoms with van der Waals surface area (Å²) in [6, 6.07) is 5.80. The van der Waals surface area contributed by atoms with Gasteiger partial charge in [-0.05, 0) is 44.5 Å². The van der Waals surface area contributed by atoms with Gasteiger partial charge in [-0.2, -0.15) is 5.10 Å². The Balaban J connectivity index is 1.61. The molecule has 7 nitrogen and oxygen atoms in total. The molecular formula is C21H26ClN5O2S. The second kappa shape index (κ2) is 9.01. The Hall–Kier alpha value is -2.00. The van der Waals surface area contributed by atoms with E-state index in [1.54, 1.807) is 9.58 Å². The Kier molecular flexibility index (Phi) is 6.38. The number of hydrogen-bond donors (Lipinski definition) is 0. The summed E-state index contributed by atoms with van der Waals surface area (Å²) in [4.78, 5) is 22.3. The Morgan fingerprint density at radius 1 is 1.23 bits per heavy atom. The van der Waals surface area contributed by atoms with E-state index in [0.29, 0.717) is 16.7 Å². The predicted octanol–water partition coefficient (Wildman–Crippen LogP) is 3.44. The number of fused-ring (bicyclic) bond motifs is 1. The molecule has 0 bridgehead atoms. The number of morpholine rings is 1. The number of anilines is 1. The van der Waals surface area contributed by atoms with Gasteiger partial charge in [-0.15, -0.1) is 0 Å². The maximum atomic E-state index is 13.3. The van der Waals surface area contributed by atoms with Crippen molar-refractivity contribution < 1.29 is 9.53 Å². The van der Waals surface area contributed by atoms with Crippen molar-refractivity contribution in [1.82, 2.24) is 19.7 Å². The third-order valence-corrected chi connectivity index (χ3v) is 6.55. The van der Waals surface area contributed by atoms with Gasteiger partial charge in [0.05, 0.1) is 29.1 Å². The number of ether oxygens (including phenoxy) is 1. The highest BCUT2D eigenvalue weighted by Gasteiger charge is 2.23. The van der Waals surface area contributed by atoms with E-state index in [1.807, 2.05) is 39.0 Å². The predicted molar refractivity (Wildman–Crippen MR) is 121 cm³/mol. The van der Waals surface area contributed by atoms with E-state index in [0.717, 1.165) is 60.0 Å². The number of thiazole rings is 1. The van der Waals surface area contributed by atoms with E-state index in [2.05, 4.69) is 10.00 Å². The lowest BCUT2D eigenvalue weighted by Crippen LogP contribution is -2.44. The number of halogens is 1. The summed E-state index contributed by atoms with van der Waals surface area (Å²) in [6.45, 7) is 10.7. The lowest BCUT2D eigenvalue weighted by Gasteiger charge is -2.29. The average Bonchev–Trinajstić information content (AvgIpc) is 3.25. The summed E-state index contributed by atoms with van der Waals surface area (Å²) in [5.41, 5.74) is 3.79. The lowest BCUT2D eigenvalue weighted by atomic mass is 10.2. The Labute approximate surface area is 185 Å². The number of carbonyl (C=O) groups excluding carboxylic acids is 1. The van der Waals surface area contributed by atoms with Crippen molar-refractivity contribution in [1.29, 1.82) is 0 Å². The highest BCUT2D eigenvalue weighted by Crippen LogP contribution is 2.33. The first kappa shape index (κ1) is 21.2. The van der Waals surface area contributed by atoms with Crippen molar-refractivity contribution in [2.24, 2.45) is 0 Å². The van der Waals surface area contributed by atoms with Crippen molar-refractivity contribution in [3.63, 3.8) is 0 Å². The molecule has 2 aromatic heterocycles. The fourth-order valence-electron chi connectivity index (χ4n) is 3.70. The number of amides is 1. The summed E-state index contributed by atoms with van der Waals surface area (Å²) in [6.07, 6.45) is 0. The molecule has 1 aliphatic rings. The Bertz CT molecular complexity index is 1060. The number of aryl methyl sites for hydroxylation is 3. The second-order valence-electron chi connectivity index (χ2n) is 7.65. The van der Waals surface area contributed by atoms with Crippen LogP contribution in [0.2, 0.25) is 5.02 Å². The minimum absolute atomic E-state index is 0.0164. The van der Waals surface area contributed by atoms with Gasteiger partial charge in [0, 0.05) is 36.9 Å². The highest BCUT2D eigenvalue weighted by molar-refractivity contribution is 7.22. The number of carbonyl (C=O) groups is 1. The number of benzene rings is 1. The molecule has 0 spiro atoms. The Morgan fingerprint density at radius 3 is 2.70 bits per heavy atom. The molecule has 1 fully saturated rings. The largest absolute Gasteiger partial charge is 0.379 e. The fourth-order valence-corrected chi connectivity index (χ4v) is 5.16. The minimum atomic E-state index is -0.0164. The molecule has 1 saturated heterocycles. The first-order chi connectivity index (χ1) is 14.4. The summed E-state index contributed by atoms with van der Waals surface area (Å²) < 4.78 is 8.19. The van der Waals surface area contributed by atoms with Crippen LogP contribution in [0.15, 0.2) is 18.2 Å². The summed E-state index contributed by atoms with van der Waals surface area (Å²) >= 11 is 7.74. The third-order valence-electron chi connectivity index (χ3n) is 5.30. The molecule has 3 aromatic rings. The highest BCUT2D eigenvalue weighted by atomic mass is 35.5. The summed E-state index contributed by atoms with van der Waals surface area (Å²) in [5.74, 6) is -0.0164. The molecule has 3 heterocycles. The van der Waals surface area contributed by atoms with Gasteiger partial charge in [0.15, 0.2) is 5.13 Å². The molecule has 1 amide bonds. The second-order valence-corrected chi connectivity index (χ2v) is 9.10. The zero-order chi connectivity index (χ0) is 21.3. The van der Waals surface area contributed by atoms with Gasteiger partial charge in [-0.3, -0.25) is 19.3 Å². The molecule has 0 radical (unpaired) electrons. The normalized spacial score (nSPS) is 15.1. The smallest absolute Gasteiger partial charge is 0.250 e. The van der Waals surface area contributed by atoms with Crippen molar-refractivity contribution in [2.45, 2.75) is 27.3 Å². The van der Waals surface area contributed by atoms with Crippen LogP contribution in [0.3, 0.4) is 0 Å². The van der Waals surface area contributed by atoms with Crippen LogP contribution in [0.4, 0.5) is 5.13 Å². The van der Waals surface area contributed by atoms with E-state index in [9.17, 15) is 4.79 Å². The van der Waals surface area contributed by atoms with E-state index in [4.69, 9.17) is 21.3 Å². The van der Waals surface area contributed by atoms with E-state index in [1.165, 1.54) is 11.3 Å². The fraction of sp³-hybridized carbons (Fsp3) is 0.476. The van der Waals surface area contributed by atoms with Crippen LogP contribution in [0.5, 0.6) is 0 Å². The van der Waals surface area contributed by atoms with Crippen LogP contribution < -0.4 is 4.90 Å². The van der Waals surface area contributed by atoms with Crippen molar-refractivity contribution in [3.05, 3.63) is 40.2 Å². The van der Waals surface area contributed by atoms with Crippen LogP contribution in [0, 0.1) is 20.8 Å². The lowest BCUT2D eigenvalue weighted by molar-refractivity contribution is -0.119. The molecular weight excluding hydrogens is 422 g/mol. The van der Waals surface area contributed by atoms with Gasteiger partial charge < -0.3 is 4.74 Å². The minimum Gasteiger partial charge on any atom is -0.379 e. The first-order valence-corrected chi connectivity index (χ1v) is 11.3. The van der Waals surface area contributed by atoms with Gasteiger partial charge in [0.2, 0.25) is 0 Å². The topological polar surface area (TPSA) is 63.5 Å². The van der Waals surface area contributed by atoms with E-state index >= 15 is 0 Å². The number of aromatic nitrogens is 3.